The van der Waals surface area contributed by atoms with Gasteiger partial charge in [-0.2, -0.15) is 0 Å². The quantitative estimate of drug-likeness (QED) is 0.786. The van der Waals surface area contributed by atoms with Gasteiger partial charge in [0.2, 0.25) is 0 Å². The topological polar surface area (TPSA) is 39.7 Å². The van der Waals surface area contributed by atoms with Crippen molar-refractivity contribution in [3.63, 3.8) is 0 Å². The third-order valence-electron chi connectivity index (χ3n) is 2.95. The number of benzene rings is 1. The number of fused-ring (bicyclic) bond motifs is 1. The Balaban J connectivity index is 2.05. The van der Waals surface area contributed by atoms with Gasteiger partial charge in [-0.15, -0.1) is 0 Å². The SMILES string of the molecule is CCCOCC(NC)c1ccc2c(c1)OCCO2. The van der Waals surface area contributed by atoms with Crippen LogP contribution in [0.3, 0.4) is 0 Å². The second-order valence-corrected chi connectivity index (χ2v) is 4.32. The lowest BCUT2D eigenvalue weighted by molar-refractivity contribution is 0.114. The molecule has 2 rings (SSSR count). The Morgan fingerprint density at radius 3 is 2.78 bits per heavy atom. The maximum absolute atomic E-state index is 5.60. The molecule has 1 aromatic carbocycles. The van der Waals surface area contributed by atoms with Crippen molar-refractivity contribution >= 4 is 0 Å². The number of ether oxygens (including phenoxy) is 3. The summed E-state index contributed by atoms with van der Waals surface area (Å²) in [5.41, 5.74) is 1.16. The van der Waals surface area contributed by atoms with E-state index in [0.29, 0.717) is 19.8 Å². The van der Waals surface area contributed by atoms with Crippen molar-refractivity contribution in [3.05, 3.63) is 23.8 Å². The van der Waals surface area contributed by atoms with Crippen molar-refractivity contribution in [1.82, 2.24) is 5.32 Å². The summed E-state index contributed by atoms with van der Waals surface area (Å²) >= 11 is 0. The summed E-state index contributed by atoms with van der Waals surface area (Å²) in [5, 5.41) is 3.26. The summed E-state index contributed by atoms with van der Waals surface area (Å²) in [4.78, 5) is 0. The highest BCUT2D eigenvalue weighted by molar-refractivity contribution is 5.44. The number of rotatable bonds is 6. The van der Waals surface area contributed by atoms with E-state index in [1.807, 2.05) is 19.2 Å². The summed E-state index contributed by atoms with van der Waals surface area (Å²) in [6, 6.07) is 6.25. The van der Waals surface area contributed by atoms with E-state index in [1.54, 1.807) is 0 Å². The molecule has 1 heterocycles. The maximum atomic E-state index is 5.60. The van der Waals surface area contributed by atoms with E-state index in [0.717, 1.165) is 30.1 Å². The Hall–Kier alpha value is -1.26. The average molecular weight is 251 g/mol. The Morgan fingerprint density at radius 1 is 1.28 bits per heavy atom. The van der Waals surface area contributed by atoms with Crippen molar-refractivity contribution in [2.24, 2.45) is 0 Å². The lowest BCUT2D eigenvalue weighted by Gasteiger charge is -2.22. The minimum Gasteiger partial charge on any atom is -0.486 e. The first-order valence-electron chi connectivity index (χ1n) is 6.49. The van der Waals surface area contributed by atoms with Crippen LogP contribution in [-0.4, -0.2) is 33.5 Å². The largest absolute Gasteiger partial charge is 0.486 e. The molecule has 100 valence electrons. The van der Waals surface area contributed by atoms with E-state index < -0.39 is 0 Å². The standard InChI is InChI=1S/C14H21NO3/c1-3-6-16-10-12(15-2)11-4-5-13-14(9-11)18-8-7-17-13/h4-5,9,12,15H,3,6-8,10H2,1-2H3. The van der Waals surface area contributed by atoms with Crippen LogP contribution >= 0.6 is 0 Å². The van der Waals surface area contributed by atoms with Crippen molar-refractivity contribution in [1.29, 1.82) is 0 Å². The zero-order valence-corrected chi connectivity index (χ0v) is 11.1. The fourth-order valence-corrected chi connectivity index (χ4v) is 1.97. The van der Waals surface area contributed by atoms with Crippen LogP contribution < -0.4 is 14.8 Å². The van der Waals surface area contributed by atoms with Crippen LogP contribution in [0.2, 0.25) is 0 Å². The summed E-state index contributed by atoms with van der Waals surface area (Å²) in [5.74, 6) is 1.66. The van der Waals surface area contributed by atoms with Gasteiger partial charge in [0.1, 0.15) is 13.2 Å². The van der Waals surface area contributed by atoms with Gasteiger partial charge in [0.15, 0.2) is 11.5 Å². The Labute approximate surface area is 108 Å². The lowest BCUT2D eigenvalue weighted by atomic mass is 10.1. The number of likely N-dealkylation sites (N-methyl/N-ethyl adjacent to an activating group) is 1. The predicted octanol–water partition coefficient (Wildman–Crippen LogP) is 2.14. The number of nitrogens with one attached hydrogen (secondary N) is 1. The second-order valence-electron chi connectivity index (χ2n) is 4.32. The van der Waals surface area contributed by atoms with Crippen LogP contribution in [0, 0.1) is 0 Å². The van der Waals surface area contributed by atoms with Crippen molar-refractivity contribution in [3.8, 4) is 11.5 Å². The van der Waals surface area contributed by atoms with Gasteiger partial charge < -0.3 is 19.5 Å². The molecule has 0 fully saturated rings. The van der Waals surface area contributed by atoms with E-state index in [-0.39, 0.29) is 6.04 Å². The Morgan fingerprint density at radius 2 is 2.06 bits per heavy atom. The molecule has 0 aromatic heterocycles. The molecule has 18 heavy (non-hydrogen) atoms. The van der Waals surface area contributed by atoms with Gasteiger partial charge in [0.25, 0.3) is 0 Å². The van der Waals surface area contributed by atoms with Gasteiger partial charge in [0.05, 0.1) is 12.6 Å². The van der Waals surface area contributed by atoms with Crippen LogP contribution in [-0.2, 0) is 4.74 Å². The van der Waals surface area contributed by atoms with Crippen LogP contribution in [0.15, 0.2) is 18.2 Å². The monoisotopic (exact) mass is 251 g/mol. The van der Waals surface area contributed by atoms with E-state index >= 15 is 0 Å². The first-order valence-corrected chi connectivity index (χ1v) is 6.49. The van der Waals surface area contributed by atoms with Crippen molar-refractivity contribution in [2.75, 3.05) is 33.5 Å². The third-order valence-corrected chi connectivity index (χ3v) is 2.95. The molecule has 4 nitrogen and oxygen atoms in total. The molecular weight excluding hydrogens is 230 g/mol. The highest BCUT2D eigenvalue weighted by atomic mass is 16.6. The molecule has 0 amide bonds. The molecule has 1 aliphatic heterocycles. The summed E-state index contributed by atoms with van der Waals surface area (Å²) in [7, 11) is 1.94. The molecule has 1 N–H and O–H groups in total. The third kappa shape index (κ3) is 3.15. The van der Waals surface area contributed by atoms with Crippen molar-refractivity contribution in [2.45, 2.75) is 19.4 Å². The first kappa shape index (κ1) is 13.2. The molecule has 4 heteroatoms. The van der Waals surface area contributed by atoms with E-state index in [4.69, 9.17) is 14.2 Å². The van der Waals surface area contributed by atoms with Crippen LogP contribution in [0.1, 0.15) is 24.9 Å². The molecular formula is C14H21NO3. The normalized spacial score (nSPS) is 15.4. The van der Waals surface area contributed by atoms with Gasteiger partial charge in [-0.25, -0.2) is 0 Å². The predicted molar refractivity (Wildman–Crippen MR) is 70.3 cm³/mol. The minimum atomic E-state index is 0.187. The van der Waals surface area contributed by atoms with E-state index in [2.05, 4.69) is 18.3 Å². The van der Waals surface area contributed by atoms with E-state index in [9.17, 15) is 0 Å². The Kier molecular flexibility index (Phi) is 4.84. The van der Waals surface area contributed by atoms with Gasteiger partial charge in [0, 0.05) is 6.61 Å². The first-order chi connectivity index (χ1) is 8.85. The zero-order valence-electron chi connectivity index (χ0n) is 11.1. The Bertz CT molecular complexity index is 381. The molecule has 0 saturated carbocycles. The van der Waals surface area contributed by atoms with Gasteiger partial charge in [-0.1, -0.05) is 13.0 Å². The summed E-state index contributed by atoms with van der Waals surface area (Å²) in [6.45, 7) is 4.82. The fourth-order valence-electron chi connectivity index (χ4n) is 1.97. The highest BCUT2D eigenvalue weighted by Crippen LogP contribution is 2.32. The van der Waals surface area contributed by atoms with Gasteiger partial charge >= 0.3 is 0 Å². The second kappa shape index (κ2) is 6.61. The van der Waals surface area contributed by atoms with Crippen LogP contribution in [0.4, 0.5) is 0 Å². The molecule has 0 aliphatic carbocycles. The summed E-state index contributed by atoms with van der Waals surface area (Å²) < 4.78 is 16.7. The van der Waals surface area contributed by atoms with Gasteiger partial charge in [-0.05, 0) is 31.2 Å². The molecule has 1 aliphatic rings. The molecule has 0 saturated heterocycles. The zero-order chi connectivity index (χ0) is 12.8. The van der Waals surface area contributed by atoms with Gasteiger partial charge in [-0.3, -0.25) is 0 Å². The maximum Gasteiger partial charge on any atom is 0.161 e. The molecule has 1 atom stereocenters. The van der Waals surface area contributed by atoms with Crippen molar-refractivity contribution < 1.29 is 14.2 Å². The number of hydrogen-bond acceptors (Lipinski definition) is 4. The lowest BCUT2D eigenvalue weighted by Crippen LogP contribution is -2.22. The number of hydrogen-bond donors (Lipinski definition) is 1. The molecule has 0 spiro atoms. The summed E-state index contributed by atoms with van der Waals surface area (Å²) in [6.07, 6.45) is 1.04. The van der Waals surface area contributed by atoms with Crippen LogP contribution in [0.25, 0.3) is 0 Å². The minimum absolute atomic E-state index is 0.187. The average Bonchev–Trinajstić information content (AvgIpc) is 2.43. The highest BCUT2D eigenvalue weighted by Gasteiger charge is 2.15. The fraction of sp³-hybridized carbons (Fsp3) is 0.571. The van der Waals surface area contributed by atoms with Crippen LogP contribution in [0.5, 0.6) is 11.5 Å². The molecule has 1 unspecified atom stereocenters. The molecule has 0 bridgehead atoms. The molecule has 1 aromatic rings. The molecule has 0 radical (unpaired) electrons. The smallest absolute Gasteiger partial charge is 0.161 e. The van der Waals surface area contributed by atoms with E-state index in [1.165, 1.54) is 0 Å².